The molecule has 0 aromatic rings. The fourth-order valence-corrected chi connectivity index (χ4v) is 0. The molecule has 1 nitrogen and oxygen atoms in total. The van der Waals surface area contributed by atoms with Crippen molar-refractivity contribution in [3.8, 4) is 0 Å². The van der Waals surface area contributed by atoms with E-state index in [1.165, 1.54) is 0 Å². The molecule has 0 amide bonds. The monoisotopic (exact) mass is 61.1 g/mol. The lowest BCUT2D eigenvalue weighted by atomic mass is 11.8. The molecule has 4 heavy (non-hydrogen) atoms. The van der Waals surface area contributed by atoms with E-state index in [2.05, 4.69) is 6.72 Å². The summed E-state index contributed by atoms with van der Waals surface area (Å²) >= 11 is 0. The average molecular weight is 61.1 g/mol. The van der Waals surface area contributed by atoms with Gasteiger partial charge < -0.3 is 5.41 Å². The lowest BCUT2D eigenvalue weighted by molar-refractivity contribution is 1.61. The van der Waals surface area contributed by atoms with Crippen LogP contribution in [0.3, 0.4) is 0 Å². The van der Waals surface area contributed by atoms with Crippen LogP contribution in [0.4, 0.5) is 0 Å². The van der Waals surface area contributed by atoms with Crippen LogP contribution in [0.25, 0.3) is 0 Å². The Labute approximate surface area is 28.2 Å². The molecule has 0 bridgehead atoms. The number of rotatable bonds is 0. The summed E-state index contributed by atoms with van der Waals surface area (Å²) in [6, 6.07) is 0. The zero-order valence-corrected chi connectivity index (χ0v) is 1.21. The van der Waals surface area contributed by atoms with Gasteiger partial charge in [0, 0.05) is 0 Å². The van der Waals surface area contributed by atoms with Crippen LogP contribution < -0.4 is 0 Å². The topological polar surface area (TPSA) is 23.9 Å². The van der Waals surface area contributed by atoms with Gasteiger partial charge in [-0.2, -0.15) is 0 Å². The van der Waals surface area contributed by atoms with Crippen molar-refractivity contribution < 1.29 is 0 Å². The summed E-state index contributed by atoms with van der Waals surface area (Å²) in [6.07, 6.45) is 0. The highest BCUT2D eigenvalue weighted by Gasteiger charge is 0.555. The summed E-state index contributed by atoms with van der Waals surface area (Å²) in [5.74, 6) is 0. The molecule has 0 unspecified atom stereocenters. The molecule has 0 rings (SSSR count). The summed E-state index contributed by atoms with van der Waals surface area (Å²) in [7, 11) is 0. The zero-order valence-electron chi connectivity index (χ0n) is 1.21. The molecule has 0 aromatic heterocycles. The van der Waals surface area contributed by atoms with Crippen molar-refractivity contribution in [2.24, 2.45) is 0 Å². The minimum Gasteiger partial charge on any atom is -0.317 e. The lowest BCUT2D eigenvalue weighted by Crippen LogP contribution is -0.827. The molecule has 0 atom stereocenters. The summed E-state index contributed by atoms with van der Waals surface area (Å²) < 4.78 is 0. The van der Waals surface area contributed by atoms with E-state index in [9.17, 15) is 0 Å². The fraction of sp³-hybridized carbons (Fsp3) is 0.667. The first-order valence-corrected chi connectivity index (χ1v) is 0.354. The minimum absolute atomic E-state index is 0. The summed E-state index contributed by atoms with van der Waals surface area (Å²) in [5, 5.41) is 5.50. The third-order valence-electron chi connectivity index (χ3n) is 0. The molecule has 0 aliphatic heterocycles. The van der Waals surface area contributed by atoms with E-state index in [4.69, 9.17) is 5.41 Å². The van der Waals surface area contributed by atoms with Crippen LogP contribution in [0.15, 0.2) is 0 Å². The van der Waals surface area contributed by atoms with Gasteiger partial charge in [0.15, 0.2) is 0 Å². The zero-order chi connectivity index (χ0) is 2.00. The van der Waals surface area contributed by atoms with Crippen LogP contribution in [0, 0.1) is 5.41 Å². The molecule has 1 heteroatoms. The predicted octanol–water partition coefficient (Wildman–Crippen LogP) is 1.54. The Bertz CT molecular complexity index is 3.25. The third kappa shape index (κ3) is 6.88. The molecule has 0 aromatic carbocycles. The lowest BCUT2D eigenvalue weighted by Gasteiger charge is -0.890. The summed E-state index contributed by atoms with van der Waals surface area (Å²) in [5.41, 5.74) is 0. The highest BCUT2D eigenvalue weighted by Crippen LogP contribution is 0.633. The molecule has 0 radical (unpaired) electrons. The van der Waals surface area contributed by atoms with Crippen molar-refractivity contribution in [2.45, 2.75) is 14.9 Å². The van der Waals surface area contributed by atoms with Gasteiger partial charge in [-0.05, 0) is 6.72 Å². The highest BCUT2D eigenvalue weighted by molar-refractivity contribution is 5.15. The average Bonchev–Trinajstić information content (AvgIpc) is 1.00. The van der Waals surface area contributed by atoms with Gasteiger partial charge in [-0.3, -0.25) is 0 Å². The largest absolute Gasteiger partial charge is 0.317 e. The van der Waals surface area contributed by atoms with Crippen molar-refractivity contribution in [3.05, 3.63) is 0 Å². The van der Waals surface area contributed by atoms with Crippen molar-refractivity contribution in [3.63, 3.8) is 0 Å². The van der Waals surface area contributed by atoms with Gasteiger partial charge in [0.25, 0.3) is 0 Å². The van der Waals surface area contributed by atoms with Gasteiger partial charge in [0.2, 0.25) is 0 Å². The second kappa shape index (κ2) is 68.4. The minimum atomic E-state index is 0. The maximum absolute atomic E-state index is 5.50. The van der Waals surface area contributed by atoms with Gasteiger partial charge in [0.1, 0.15) is 0 Å². The Morgan fingerprint density at radius 1 is 1.00 bits per heavy atom. The van der Waals surface area contributed by atoms with Crippen LogP contribution >= 0.6 is 0 Å². The SMILES string of the molecule is C.C.C=N. The predicted molar refractivity (Wildman–Crippen MR) is 23.3 cm³/mol. The first kappa shape index (κ1) is 58.3. The maximum atomic E-state index is 5.50. The van der Waals surface area contributed by atoms with Gasteiger partial charge >= 0.3 is 0 Å². The van der Waals surface area contributed by atoms with Crippen molar-refractivity contribution in [1.29, 1.82) is 5.41 Å². The number of hydrogen-bond acceptors (Lipinski definition) is 1. The molecule has 0 aliphatic carbocycles. The molecule has 0 fully saturated rings. The van der Waals surface area contributed by atoms with E-state index in [1.54, 1.807) is 0 Å². The van der Waals surface area contributed by atoms with Crippen LogP contribution in [0.1, 0.15) is 14.9 Å². The molecule has 0 spiro atoms. The molecule has 0 saturated carbocycles. The Morgan fingerprint density at radius 2 is 1.00 bits per heavy atom. The molecular formula is C3H11N. The first-order chi connectivity index (χ1) is 1.00. The molecule has 0 heterocycles. The Kier molecular flexibility index (Phi) is 996. The molecular weight excluding hydrogens is 50.0 g/mol. The Balaban J connectivity index is -0.00000000500. The quantitative estimate of drug-likeness (QED) is 0.411. The van der Waals surface area contributed by atoms with Crippen molar-refractivity contribution in [1.82, 2.24) is 0 Å². The Hall–Kier alpha value is -0.330. The maximum Gasteiger partial charge on any atom is -0.0187 e. The number of hydrogen-bond donors (Lipinski definition) is 1. The second-order valence-corrected chi connectivity index (χ2v) is 0. The second-order valence-electron chi connectivity index (χ2n) is 0. The van der Waals surface area contributed by atoms with Crippen LogP contribution in [0.2, 0.25) is 0 Å². The van der Waals surface area contributed by atoms with E-state index >= 15 is 0 Å². The van der Waals surface area contributed by atoms with E-state index in [0.717, 1.165) is 0 Å². The van der Waals surface area contributed by atoms with Crippen LogP contribution in [0.5, 0.6) is 0 Å². The van der Waals surface area contributed by atoms with Crippen LogP contribution in [-0.2, 0) is 0 Å². The summed E-state index contributed by atoms with van der Waals surface area (Å²) in [4.78, 5) is 0. The van der Waals surface area contributed by atoms with Crippen molar-refractivity contribution >= 4 is 6.72 Å². The molecule has 28 valence electrons. The van der Waals surface area contributed by atoms with E-state index in [-0.39, 0.29) is 14.9 Å². The normalized spacial score (nSPS) is 1.00. The van der Waals surface area contributed by atoms with Gasteiger partial charge in [-0.25, -0.2) is 0 Å². The number of nitrogens with one attached hydrogen (secondary N) is 1. The third-order valence-corrected chi connectivity index (χ3v) is 0. The van der Waals surface area contributed by atoms with Gasteiger partial charge in [-0.1, -0.05) is 14.9 Å². The highest BCUT2D eigenvalue weighted by atomic mass is 14.2. The first-order valence-electron chi connectivity index (χ1n) is 0.354. The Morgan fingerprint density at radius 3 is 1.00 bits per heavy atom. The van der Waals surface area contributed by atoms with Crippen molar-refractivity contribution in [2.75, 3.05) is 0 Å². The molecule has 0 aliphatic rings. The van der Waals surface area contributed by atoms with E-state index in [0.29, 0.717) is 0 Å². The van der Waals surface area contributed by atoms with E-state index < -0.39 is 0 Å². The molecule has 0 saturated heterocycles. The van der Waals surface area contributed by atoms with Gasteiger partial charge in [0.05, 0.1) is 0 Å². The van der Waals surface area contributed by atoms with Crippen LogP contribution in [-0.4, -0.2) is 6.72 Å². The van der Waals surface area contributed by atoms with E-state index in [1.807, 2.05) is 0 Å². The smallest absolute Gasteiger partial charge is 0.0187 e. The standard InChI is InChI=1S/CH3N.2CH4/c1-2;;/h2H,1H2;2*1H4. The fourth-order valence-electron chi connectivity index (χ4n) is 0. The summed E-state index contributed by atoms with van der Waals surface area (Å²) in [6.45, 7) is 2.50. The van der Waals surface area contributed by atoms with Gasteiger partial charge in [-0.15, -0.1) is 0 Å². The molecule has 1 N–H and O–H groups in total.